The van der Waals surface area contributed by atoms with Crippen LogP contribution in [0.15, 0.2) is 83.3 Å². The molecule has 3 aromatic rings. The monoisotopic (exact) mass is 331 g/mol. The van der Waals surface area contributed by atoms with Gasteiger partial charge in [0.1, 0.15) is 5.71 Å². The summed E-state index contributed by atoms with van der Waals surface area (Å²) in [5.41, 5.74) is 3.70. The molecule has 1 amide bonds. The zero-order valence-electron chi connectivity index (χ0n) is 12.7. The second kappa shape index (κ2) is 5.86. The third kappa shape index (κ3) is 2.45. The van der Waals surface area contributed by atoms with Crippen molar-refractivity contribution in [3.8, 4) is 11.3 Å². The Morgan fingerprint density at radius 3 is 2.21 bits per heavy atom. The Morgan fingerprint density at radius 2 is 1.54 bits per heavy atom. The third-order valence-electron chi connectivity index (χ3n) is 3.73. The van der Waals surface area contributed by atoms with Crippen molar-refractivity contribution in [2.45, 2.75) is 0 Å². The average molecular weight is 331 g/mol. The van der Waals surface area contributed by atoms with E-state index in [4.69, 9.17) is 0 Å². The molecule has 0 fully saturated rings. The molecule has 0 spiro atoms. The molecule has 116 valence electrons. The third-order valence-corrected chi connectivity index (χ3v) is 4.54. The van der Waals surface area contributed by atoms with E-state index in [-0.39, 0.29) is 5.91 Å². The molecule has 0 aliphatic carbocycles. The maximum Gasteiger partial charge on any atom is 0.282 e. The highest BCUT2D eigenvalue weighted by Crippen LogP contribution is 2.31. The quantitative estimate of drug-likeness (QED) is 0.678. The summed E-state index contributed by atoms with van der Waals surface area (Å²) in [5.74, 6) is -0.234. The number of hydrogen-bond donors (Lipinski definition) is 0. The molecular formula is C19H13N3OS. The smallest absolute Gasteiger partial charge is 0.267 e. The van der Waals surface area contributed by atoms with Gasteiger partial charge in [0.05, 0.1) is 11.3 Å². The van der Waals surface area contributed by atoms with Crippen molar-refractivity contribution in [3.05, 3.63) is 83.8 Å². The van der Waals surface area contributed by atoms with Crippen molar-refractivity contribution in [3.63, 3.8) is 0 Å². The summed E-state index contributed by atoms with van der Waals surface area (Å²) in [6, 6.07) is 19.4. The number of hydrazone groups is 1. The van der Waals surface area contributed by atoms with E-state index in [1.54, 1.807) is 0 Å². The second-order valence-electron chi connectivity index (χ2n) is 5.29. The van der Waals surface area contributed by atoms with E-state index < -0.39 is 0 Å². The minimum atomic E-state index is -0.234. The maximum absolute atomic E-state index is 12.5. The van der Waals surface area contributed by atoms with Gasteiger partial charge in [0.15, 0.2) is 0 Å². The molecule has 4 nitrogen and oxygen atoms in total. The number of hydrogen-bond acceptors (Lipinski definition) is 4. The fraction of sp³-hybridized carbons (Fsp3) is 0. The van der Waals surface area contributed by atoms with Crippen LogP contribution in [0, 0.1) is 0 Å². The van der Waals surface area contributed by atoms with E-state index in [2.05, 4.69) is 16.7 Å². The fourth-order valence-corrected chi connectivity index (χ4v) is 3.28. The number of aromatic nitrogens is 1. The average Bonchev–Trinajstić information content (AvgIpc) is 3.23. The molecule has 1 aliphatic heterocycles. The van der Waals surface area contributed by atoms with Crippen LogP contribution < -0.4 is 5.01 Å². The first-order valence-corrected chi connectivity index (χ1v) is 8.31. The molecule has 0 bridgehead atoms. The first kappa shape index (κ1) is 14.5. The standard InChI is InChI=1S/C19H13N3OS/c1-13-17(15-10-6-3-7-11-15)21-22(18(13)23)19-20-16(12-24-19)14-8-4-2-5-9-14/h2-12H,1H2. The van der Waals surface area contributed by atoms with Crippen LogP contribution in [-0.2, 0) is 4.79 Å². The number of anilines is 1. The fourth-order valence-electron chi connectivity index (χ4n) is 2.50. The number of carbonyl (C=O) groups excluding carboxylic acids is 1. The van der Waals surface area contributed by atoms with Crippen molar-refractivity contribution < 1.29 is 4.79 Å². The van der Waals surface area contributed by atoms with Crippen LogP contribution in [0.2, 0.25) is 0 Å². The lowest BCUT2D eigenvalue weighted by Gasteiger charge is -2.05. The number of rotatable bonds is 3. The summed E-state index contributed by atoms with van der Waals surface area (Å²) >= 11 is 1.39. The molecule has 1 aromatic heterocycles. The summed E-state index contributed by atoms with van der Waals surface area (Å²) in [4.78, 5) is 17.1. The van der Waals surface area contributed by atoms with Crippen LogP contribution in [0.5, 0.6) is 0 Å². The molecular weight excluding hydrogens is 318 g/mol. The minimum absolute atomic E-state index is 0.234. The summed E-state index contributed by atoms with van der Waals surface area (Å²) in [6.07, 6.45) is 0. The van der Waals surface area contributed by atoms with Gasteiger partial charge in [0.2, 0.25) is 5.13 Å². The largest absolute Gasteiger partial charge is 0.282 e. The summed E-state index contributed by atoms with van der Waals surface area (Å²) in [5, 5.41) is 8.26. The molecule has 2 aromatic carbocycles. The van der Waals surface area contributed by atoms with Crippen molar-refractivity contribution in [2.24, 2.45) is 5.10 Å². The Hall–Kier alpha value is -3.05. The zero-order valence-corrected chi connectivity index (χ0v) is 13.5. The molecule has 0 saturated carbocycles. The lowest BCUT2D eigenvalue weighted by atomic mass is 10.0. The van der Waals surface area contributed by atoms with Gasteiger partial charge in [0.25, 0.3) is 5.91 Å². The van der Waals surface area contributed by atoms with Crippen molar-refractivity contribution in [2.75, 3.05) is 5.01 Å². The Kier molecular flexibility index (Phi) is 3.55. The first-order valence-electron chi connectivity index (χ1n) is 7.43. The highest BCUT2D eigenvalue weighted by atomic mass is 32.1. The molecule has 1 aliphatic rings. The van der Waals surface area contributed by atoms with Crippen LogP contribution in [0.4, 0.5) is 5.13 Å². The number of carbonyl (C=O) groups is 1. The van der Waals surface area contributed by atoms with Crippen LogP contribution in [0.25, 0.3) is 11.3 Å². The molecule has 5 heteroatoms. The summed E-state index contributed by atoms with van der Waals surface area (Å²) in [6.45, 7) is 3.89. The Bertz CT molecular complexity index is 945. The van der Waals surface area contributed by atoms with Gasteiger partial charge in [-0.1, -0.05) is 67.2 Å². The zero-order chi connectivity index (χ0) is 16.5. The molecule has 4 rings (SSSR count). The molecule has 0 N–H and O–H groups in total. The molecule has 0 radical (unpaired) electrons. The molecule has 24 heavy (non-hydrogen) atoms. The molecule has 0 saturated heterocycles. The molecule has 2 heterocycles. The second-order valence-corrected chi connectivity index (χ2v) is 6.13. The predicted molar refractivity (Wildman–Crippen MR) is 97.2 cm³/mol. The first-order chi connectivity index (χ1) is 11.7. The van der Waals surface area contributed by atoms with E-state index in [9.17, 15) is 4.79 Å². The number of nitrogens with zero attached hydrogens (tertiary/aromatic N) is 3. The van der Waals surface area contributed by atoms with Crippen molar-refractivity contribution in [1.82, 2.24) is 4.98 Å². The summed E-state index contributed by atoms with van der Waals surface area (Å²) in [7, 11) is 0. The van der Waals surface area contributed by atoms with E-state index in [0.717, 1.165) is 16.8 Å². The Labute approximate surface area is 143 Å². The van der Waals surface area contributed by atoms with Crippen molar-refractivity contribution in [1.29, 1.82) is 0 Å². The topological polar surface area (TPSA) is 45.6 Å². The number of benzene rings is 2. The highest BCUT2D eigenvalue weighted by Gasteiger charge is 2.32. The molecule has 0 unspecified atom stereocenters. The van der Waals surface area contributed by atoms with Gasteiger partial charge in [-0.05, 0) is 0 Å². The normalized spacial score (nSPS) is 14.2. The highest BCUT2D eigenvalue weighted by molar-refractivity contribution is 7.14. The van der Waals surface area contributed by atoms with Gasteiger partial charge in [0, 0.05) is 16.5 Å². The minimum Gasteiger partial charge on any atom is -0.267 e. The van der Waals surface area contributed by atoms with Gasteiger partial charge in [-0.3, -0.25) is 4.79 Å². The van der Waals surface area contributed by atoms with Crippen LogP contribution in [-0.4, -0.2) is 16.6 Å². The van der Waals surface area contributed by atoms with Crippen LogP contribution in [0.1, 0.15) is 5.56 Å². The maximum atomic E-state index is 12.5. The van der Waals surface area contributed by atoms with Crippen LogP contribution in [0.3, 0.4) is 0 Å². The lowest BCUT2D eigenvalue weighted by Crippen LogP contribution is -2.20. The van der Waals surface area contributed by atoms with E-state index in [0.29, 0.717) is 16.4 Å². The van der Waals surface area contributed by atoms with E-state index in [1.165, 1.54) is 16.3 Å². The van der Waals surface area contributed by atoms with Gasteiger partial charge in [-0.25, -0.2) is 4.98 Å². The number of amides is 1. The number of thiazole rings is 1. The SMILES string of the molecule is C=C1C(=O)N(c2nc(-c3ccccc3)cs2)N=C1c1ccccc1. The summed E-state index contributed by atoms with van der Waals surface area (Å²) < 4.78 is 0. The van der Waals surface area contributed by atoms with Gasteiger partial charge < -0.3 is 0 Å². The van der Waals surface area contributed by atoms with Crippen LogP contribution >= 0.6 is 11.3 Å². The Morgan fingerprint density at radius 1 is 0.917 bits per heavy atom. The van der Waals surface area contributed by atoms with Gasteiger partial charge in [-0.15, -0.1) is 11.3 Å². The Balaban J connectivity index is 1.70. The lowest BCUT2D eigenvalue weighted by molar-refractivity contribution is -0.114. The van der Waals surface area contributed by atoms with E-state index in [1.807, 2.05) is 66.0 Å². The predicted octanol–water partition coefficient (Wildman–Crippen LogP) is 4.12. The molecule has 0 atom stereocenters. The van der Waals surface area contributed by atoms with E-state index >= 15 is 0 Å². The van der Waals surface area contributed by atoms with Gasteiger partial charge in [-0.2, -0.15) is 10.1 Å². The van der Waals surface area contributed by atoms with Crippen molar-refractivity contribution >= 4 is 28.1 Å². The van der Waals surface area contributed by atoms with Gasteiger partial charge >= 0.3 is 0 Å².